The maximum absolute atomic E-state index is 13.0. The Kier molecular flexibility index (Phi) is 3.85. The van der Waals surface area contributed by atoms with Gasteiger partial charge in [0.1, 0.15) is 23.4 Å². The van der Waals surface area contributed by atoms with Crippen LogP contribution in [-0.4, -0.2) is 31.4 Å². The number of nitrogens with zero attached hydrogens (tertiary/aromatic N) is 5. The first-order valence-corrected chi connectivity index (χ1v) is 7.42. The fraction of sp³-hybridized carbons (Fsp3) is 0.375. The quantitative estimate of drug-likeness (QED) is 0.734. The smallest absolute Gasteiger partial charge is 0.262 e. The molecule has 3 aromatic rings. The standard InChI is InChI=1S/C16H19N5O2/c1-10(2)14(15-17-8-19-20(15)3)21-9-18-13-11(16(21)22)6-5-7-12(13)23-4/h5-10,14H,1-4H3/t14-/m0/s1. The van der Waals surface area contributed by atoms with Gasteiger partial charge in [-0.2, -0.15) is 5.10 Å². The van der Waals surface area contributed by atoms with Crippen molar-refractivity contribution in [2.24, 2.45) is 13.0 Å². The summed E-state index contributed by atoms with van der Waals surface area (Å²) >= 11 is 0. The third kappa shape index (κ3) is 2.48. The van der Waals surface area contributed by atoms with Crippen LogP contribution in [-0.2, 0) is 7.05 Å². The average molecular weight is 313 g/mol. The number of hydrogen-bond acceptors (Lipinski definition) is 5. The van der Waals surface area contributed by atoms with Crippen LogP contribution in [0.15, 0.2) is 35.6 Å². The Morgan fingerprint density at radius 2 is 2.00 bits per heavy atom. The number of ether oxygens (including phenoxy) is 1. The first-order valence-electron chi connectivity index (χ1n) is 7.42. The van der Waals surface area contributed by atoms with E-state index in [2.05, 4.69) is 15.1 Å². The highest BCUT2D eigenvalue weighted by Gasteiger charge is 2.24. The molecular weight excluding hydrogens is 294 g/mol. The van der Waals surface area contributed by atoms with Crippen molar-refractivity contribution in [1.29, 1.82) is 0 Å². The first kappa shape index (κ1) is 15.2. The molecule has 0 N–H and O–H groups in total. The minimum Gasteiger partial charge on any atom is -0.494 e. The van der Waals surface area contributed by atoms with Crippen molar-refractivity contribution in [1.82, 2.24) is 24.3 Å². The highest BCUT2D eigenvalue weighted by Crippen LogP contribution is 2.25. The molecule has 23 heavy (non-hydrogen) atoms. The molecule has 0 aliphatic rings. The summed E-state index contributed by atoms with van der Waals surface area (Å²) in [5.41, 5.74) is 0.451. The molecule has 2 aromatic heterocycles. The summed E-state index contributed by atoms with van der Waals surface area (Å²) in [6.45, 7) is 4.09. The van der Waals surface area contributed by atoms with Crippen molar-refractivity contribution in [3.8, 4) is 5.75 Å². The molecule has 0 bridgehead atoms. The summed E-state index contributed by atoms with van der Waals surface area (Å²) in [5, 5.41) is 4.64. The van der Waals surface area contributed by atoms with Crippen LogP contribution in [0.2, 0.25) is 0 Å². The van der Waals surface area contributed by atoms with E-state index in [4.69, 9.17) is 4.74 Å². The summed E-state index contributed by atoms with van der Waals surface area (Å²) in [6.07, 6.45) is 3.06. The molecule has 1 aromatic carbocycles. The van der Waals surface area contributed by atoms with Crippen LogP contribution >= 0.6 is 0 Å². The molecule has 120 valence electrons. The minimum atomic E-state index is -0.238. The molecule has 0 amide bonds. The average Bonchev–Trinajstić information content (AvgIpc) is 2.95. The maximum atomic E-state index is 13.0. The molecule has 3 rings (SSSR count). The van der Waals surface area contributed by atoms with E-state index < -0.39 is 0 Å². The molecule has 1 atom stereocenters. The van der Waals surface area contributed by atoms with Gasteiger partial charge < -0.3 is 4.74 Å². The Morgan fingerprint density at radius 1 is 1.22 bits per heavy atom. The lowest BCUT2D eigenvalue weighted by Gasteiger charge is -2.22. The number of fused-ring (bicyclic) bond motifs is 1. The van der Waals surface area contributed by atoms with E-state index in [0.29, 0.717) is 16.7 Å². The van der Waals surface area contributed by atoms with Crippen LogP contribution in [0.5, 0.6) is 5.75 Å². The SMILES string of the molecule is COc1cccc2c(=O)n([C@H](c3ncnn3C)C(C)C)cnc12. The number of rotatable bonds is 4. The van der Waals surface area contributed by atoms with E-state index in [-0.39, 0.29) is 17.5 Å². The lowest BCUT2D eigenvalue weighted by Crippen LogP contribution is -2.31. The highest BCUT2D eigenvalue weighted by atomic mass is 16.5. The van der Waals surface area contributed by atoms with Gasteiger partial charge in [0.2, 0.25) is 0 Å². The van der Waals surface area contributed by atoms with Gasteiger partial charge in [-0.1, -0.05) is 19.9 Å². The number of methoxy groups -OCH3 is 1. The van der Waals surface area contributed by atoms with Crippen molar-refractivity contribution in [3.63, 3.8) is 0 Å². The van der Waals surface area contributed by atoms with Crippen LogP contribution in [0.3, 0.4) is 0 Å². The summed E-state index contributed by atoms with van der Waals surface area (Å²) < 4.78 is 8.59. The molecule has 0 spiro atoms. The molecule has 0 saturated carbocycles. The zero-order chi connectivity index (χ0) is 16.6. The van der Waals surface area contributed by atoms with Gasteiger partial charge in [-0.25, -0.2) is 9.97 Å². The lowest BCUT2D eigenvalue weighted by molar-refractivity contribution is 0.391. The van der Waals surface area contributed by atoms with Crippen molar-refractivity contribution >= 4 is 10.9 Å². The number of aromatic nitrogens is 5. The van der Waals surface area contributed by atoms with E-state index in [1.807, 2.05) is 20.9 Å². The van der Waals surface area contributed by atoms with Gasteiger partial charge in [0.05, 0.1) is 24.9 Å². The summed E-state index contributed by atoms with van der Waals surface area (Å²) in [5.74, 6) is 1.47. The van der Waals surface area contributed by atoms with E-state index in [0.717, 1.165) is 5.82 Å². The summed E-state index contributed by atoms with van der Waals surface area (Å²) in [4.78, 5) is 21.7. The molecular formula is C16H19N5O2. The molecule has 0 unspecified atom stereocenters. The number of para-hydroxylation sites is 1. The van der Waals surface area contributed by atoms with E-state index >= 15 is 0 Å². The van der Waals surface area contributed by atoms with Crippen LogP contribution in [0.4, 0.5) is 0 Å². The van der Waals surface area contributed by atoms with Crippen LogP contribution in [0.1, 0.15) is 25.7 Å². The number of benzene rings is 1. The second-order valence-electron chi connectivity index (χ2n) is 5.74. The molecule has 0 radical (unpaired) electrons. The summed E-state index contributed by atoms with van der Waals surface area (Å²) in [7, 11) is 3.39. The topological polar surface area (TPSA) is 74.8 Å². The van der Waals surface area contributed by atoms with Gasteiger partial charge in [0, 0.05) is 7.05 Å². The van der Waals surface area contributed by atoms with Gasteiger partial charge in [-0.15, -0.1) is 0 Å². The molecule has 0 saturated heterocycles. The van der Waals surface area contributed by atoms with Gasteiger partial charge in [-0.05, 0) is 18.1 Å². The minimum absolute atomic E-state index is 0.115. The fourth-order valence-electron chi connectivity index (χ4n) is 2.82. The van der Waals surface area contributed by atoms with Crippen molar-refractivity contribution in [2.45, 2.75) is 19.9 Å². The third-order valence-electron chi connectivity index (χ3n) is 3.94. The number of aryl methyl sites for hydroxylation is 1. The predicted octanol–water partition coefficient (Wildman–Crippen LogP) is 1.78. The van der Waals surface area contributed by atoms with Gasteiger partial charge in [0.25, 0.3) is 5.56 Å². The predicted molar refractivity (Wildman–Crippen MR) is 86.5 cm³/mol. The maximum Gasteiger partial charge on any atom is 0.262 e. The Hall–Kier alpha value is -2.70. The van der Waals surface area contributed by atoms with Gasteiger partial charge in [0.15, 0.2) is 0 Å². The third-order valence-corrected chi connectivity index (χ3v) is 3.94. The normalized spacial score (nSPS) is 12.7. The Labute approximate surface area is 133 Å². The Bertz CT molecular complexity index is 897. The van der Waals surface area contributed by atoms with E-state index in [9.17, 15) is 4.79 Å². The highest BCUT2D eigenvalue weighted by molar-refractivity contribution is 5.83. The monoisotopic (exact) mass is 313 g/mol. The van der Waals surface area contributed by atoms with Gasteiger partial charge >= 0.3 is 0 Å². The zero-order valence-corrected chi connectivity index (χ0v) is 13.6. The fourth-order valence-corrected chi connectivity index (χ4v) is 2.82. The Balaban J connectivity index is 2.25. The molecule has 7 heteroatoms. The number of hydrogen-bond donors (Lipinski definition) is 0. The largest absolute Gasteiger partial charge is 0.494 e. The van der Waals surface area contributed by atoms with Crippen molar-refractivity contribution in [2.75, 3.05) is 7.11 Å². The molecule has 2 heterocycles. The lowest BCUT2D eigenvalue weighted by atomic mass is 10.0. The second-order valence-corrected chi connectivity index (χ2v) is 5.74. The molecule has 0 fully saturated rings. The first-order chi connectivity index (χ1) is 11.0. The van der Waals surface area contributed by atoms with Crippen LogP contribution < -0.4 is 10.3 Å². The van der Waals surface area contributed by atoms with Crippen LogP contribution in [0, 0.1) is 5.92 Å². The van der Waals surface area contributed by atoms with Crippen LogP contribution in [0.25, 0.3) is 10.9 Å². The van der Waals surface area contributed by atoms with Crippen molar-refractivity contribution < 1.29 is 4.74 Å². The van der Waals surface area contributed by atoms with E-state index in [1.165, 1.54) is 6.33 Å². The summed E-state index contributed by atoms with van der Waals surface area (Å²) in [6, 6.07) is 5.11. The van der Waals surface area contributed by atoms with Gasteiger partial charge in [-0.3, -0.25) is 14.0 Å². The molecule has 7 nitrogen and oxygen atoms in total. The molecule has 0 aliphatic heterocycles. The zero-order valence-electron chi connectivity index (χ0n) is 13.6. The molecule has 0 aliphatic carbocycles. The second kappa shape index (κ2) is 5.83. The van der Waals surface area contributed by atoms with Crippen molar-refractivity contribution in [3.05, 3.63) is 47.0 Å². The van der Waals surface area contributed by atoms with E-state index in [1.54, 1.807) is 40.9 Å². The Morgan fingerprint density at radius 3 is 2.61 bits per heavy atom.